The first-order valence-corrected chi connectivity index (χ1v) is 7.64. The van der Waals surface area contributed by atoms with Gasteiger partial charge in [0.25, 0.3) is 0 Å². The topological polar surface area (TPSA) is 23.5 Å². The highest BCUT2D eigenvalue weighted by Crippen LogP contribution is 2.38. The Morgan fingerprint density at radius 1 is 1.12 bits per heavy atom. The van der Waals surface area contributed by atoms with Crippen LogP contribution in [0, 0.1) is 0 Å². The number of aliphatic hydroxyl groups is 1. The van der Waals surface area contributed by atoms with Crippen LogP contribution >= 0.6 is 0 Å². The molecular formula is C15H29NO. The Hall–Kier alpha value is -0.0800. The summed E-state index contributed by atoms with van der Waals surface area (Å²) < 4.78 is 0. The van der Waals surface area contributed by atoms with Crippen molar-refractivity contribution < 1.29 is 5.11 Å². The molecule has 0 amide bonds. The van der Waals surface area contributed by atoms with Gasteiger partial charge in [-0.1, -0.05) is 19.3 Å². The monoisotopic (exact) mass is 239 g/mol. The van der Waals surface area contributed by atoms with E-state index in [1.165, 1.54) is 51.4 Å². The summed E-state index contributed by atoms with van der Waals surface area (Å²) in [4.78, 5) is 2.81. The molecule has 2 fully saturated rings. The summed E-state index contributed by atoms with van der Waals surface area (Å²) in [5.41, 5.74) is 0. The number of hydrogen-bond donors (Lipinski definition) is 1. The van der Waals surface area contributed by atoms with Crippen LogP contribution in [0.1, 0.15) is 71.6 Å². The lowest BCUT2D eigenvalue weighted by Gasteiger charge is -2.28. The van der Waals surface area contributed by atoms with E-state index in [1.54, 1.807) is 0 Å². The SMILES string of the molecule is C[C@@H](O)CCCCC[C@@H]1CC[C@H]2CC[C@H](C)N12. The smallest absolute Gasteiger partial charge is 0.0512 e. The molecule has 0 aromatic heterocycles. The molecule has 0 unspecified atom stereocenters. The van der Waals surface area contributed by atoms with Crippen LogP contribution in [0.5, 0.6) is 0 Å². The largest absolute Gasteiger partial charge is 0.393 e. The van der Waals surface area contributed by atoms with Crippen molar-refractivity contribution in [3.05, 3.63) is 0 Å². The Morgan fingerprint density at radius 2 is 1.88 bits per heavy atom. The zero-order valence-electron chi connectivity index (χ0n) is 11.6. The zero-order valence-corrected chi connectivity index (χ0v) is 11.6. The first kappa shape index (κ1) is 13.4. The van der Waals surface area contributed by atoms with Crippen molar-refractivity contribution >= 4 is 0 Å². The van der Waals surface area contributed by atoms with Crippen molar-refractivity contribution in [2.45, 2.75) is 95.9 Å². The molecule has 2 heteroatoms. The van der Waals surface area contributed by atoms with Gasteiger partial charge in [0.15, 0.2) is 0 Å². The van der Waals surface area contributed by atoms with Crippen molar-refractivity contribution in [1.82, 2.24) is 4.90 Å². The van der Waals surface area contributed by atoms with Crippen LogP contribution in [-0.4, -0.2) is 34.2 Å². The highest BCUT2D eigenvalue weighted by atomic mass is 16.3. The Labute approximate surface area is 106 Å². The van der Waals surface area contributed by atoms with E-state index in [0.29, 0.717) is 0 Å². The predicted octanol–water partition coefficient (Wildman–Crippen LogP) is 3.33. The van der Waals surface area contributed by atoms with E-state index < -0.39 is 0 Å². The van der Waals surface area contributed by atoms with Gasteiger partial charge in [-0.15, -0.1) is 0 Å². The molecule has 2 heterocycles. The second-order valence-corrected chi connectivity index (χ2v) is 6.25. The molecular weight excluding hydrogens is 210 g/mol. The number of unbranched alkanes of at least 4 members (excludes halogenated alkanes) is 2. The van der Waals surface area contributed by atoms with E-state index in [1.807, 2.05) is 6.92 Å². The minimum Gasteiger partial charge on any atom is -0.393 e. The number of rotatable bonds is 6. The van der Waals surface area contributed by atoms with E-state index in [4.69, 9.17) is 0 Å². The molecule has 1 N–H and O–H groups in total. The number of fused-ring (bicyclic) bond motifs is 1. The molecule has 17 heavy (non-hydrogen) atoms. The quantitative estimate of drug-likeness (QED) is 0.719. The second-order valence-electron chi connectivity index (χ2n) is 6.25. The molecule has 0 saturated carbocycles. The van der Waals surface area contributed by atoms with Crippen molar-refractivity contribution in [1.29, 1.82) is 0 Å². The van der Waals surface area contributed by atoms with Gasteiger partial charge in [0.05, 0.1) is 6.10 Å². The molecule has 0 bridgehead atoms. The van der Waals surface area contributed by atoms with Crippen LogP contribution in [-0.2, 0) is 0 Å². The van der Waals surface area contributed by atoms with E-state index in [2.05, 4.69) is 11.8 Å². The van der Waals surface area contributed by atoms with Gasteiger partial charge in [0, 0.05) is 18.1 Å². The van der Waals surface area contributed by atoms with Gasteiger partial charge in [0.1, 0.15) is 0 Å². The fraction of sp³-hybridized carbons (Fsp3) is 1.00. The van der Waals surface area contributed by atoms with E-state index in [9.17, 15) is 5.11 Å². The molecule has 4 atom stereocenters. The fourth-order valence-electron chi connectivity index (χ4n) is 3.87. The summed E-state index contributed by atoms with van der Waals surface area (Å²) in [6.07, 6.45) is 11.9. The third kappa shape index (κ3) is 3.45. The maximum Gasteiger partial charge on any atom is 0.0512 e. The lowest BCUT2D eigenvalue weighted by Crippen LogP contribution is -2.36. The second kappa shape index (κ2) is 6.19. The van der Waals surface area contributed by atoms with Crippen molar-refractivity contribution in [2.75, 3.05) is 0 Å². The lowest BCUT2D eigenvalue weighted by molar-refractivity contribution is 0.173. The zero-order chi connectivity index (χ0) is 12.3. The Balaban J connectivity index is 1.63. The van der Waals surface area contributed by atoms with E-state index in [-0.39, 0.29) is 6.10 Å². The summed E-state index contributed by atoms with van der Waals surface area (Å²) in [5, 5.41) is 9.21. The first-order valence-electron chi connectivity index (χ1n) is 7.64. The normalized spacial score (nSPS) is 35.1. The molecule has 0 aromatic carbocycles. The molecule has 100 valence electrons. The molecule has 0 aliphatic carbocycles. The van der Waals surface area contributed by atoms with Gasteiger partial charge in [0.2, 0.25) is 0 Å². The standard InChI is InChI=1S/C15H29NO/c1-12-8-9-15-11-10-14(16(12)15)7-5-3-4-6-13(2)17/h12-15,17H,3-11H2,1-2H3/t12-,13+,14+,15+/m0/s1. The van der Waals surface area contributed by atoms with Gasteiger partial charge in [-0.3, -0.25) is 4.90 Å². The van der Waals surface area contributed by atoms with Gasteiger partial charge < -0.3 is 5.11 Å². The van der Waals surface area contributed by atoms with Crippen LogP contribution in [0.4, 0.5) is 0 Å². The lowest BCUT2D eigenvalue weighted by atomic mass is 10.0. The average Bonchev–Trinajstić information content (AvgIpc) is 2.82. The summed E-state index contributed by atoms with van der Waals surface area (Å²) in [6.45, 7) is 4.30. The molecule has 0 spiro atoms. The Morgan fingerprint density at radius 3 is 2.65 bits per heavy atom. The van der Waals surface area contributed by atoms with Crippen molar-refractivity contribution in [3.8, 4) is 0 Å². The molecule has 0 radical (unpaired) electrons. The van der Waals surface area contributed by atoms with Gasteiger partial charge >= 0.3 is 0 Å². The molecule has 0 aromatic rings. The number of aliphatic hydroxyl groups excluding tert-OH is 1. The highest BCUT2D eigenvalue weighted by molar-refractivity contribution is 4.95. The Kier molecular flexibility index (Phi) is 4.87. The molecule has 2 aliphatic rings. The van der Waals surface area contributed by atoms with E-state index >= 15 is 0 Å². The summed E-state index contributed by atoms with van der Waals surface area (Å²) in [6, 6.07) is 2.64. The molecule has 2 aliphatic heterocycles. The fourth-order valence-corrected chi connectivity index (χ4v) is 3.87. The summed E-state index contributed by atoms with van der Waals surface area (Å²) >= 11 is 0. The van der Waals surface area contributed by atoms with Crippen molar-refractivity contribution in [2.24, 2.45) is 0 Å². The minimum atomic E-state index is -0.107. The maximum absolute atomic E-state index is 9.21. The van der Waals surface area contributed by atoms with Crippen LogP contribution in [0.3, 0.4) is 0 Å². The molecule has 2 saturated heterocycles. The van der Waals surface area contributed by atoms with Crippen LogP contribution < -0.4 is 0 Å². The summed E-state index contributed by atoms with van der Waals surface area (Å²) in [5.74, 6) is 0. The highest BCUT2D eigenvalue weighted by Gasteiger charge is 2.39. The average molecular weight is 239 g/mol. The first-order chi connectivity index (χ1) is 8.18. The maximum atomic E-state index is 9.21. The van der Waals surface area contributed by atoms with Gasteiger partial charge in [-0.2, -0.15) is 0 Å². The summed E-state index contributed by atoms with van der Waals surface area (Å²) in [7, 11) is 0. The van der Waals surface area contributed by atoms with Gasteiger partial charge in [-0.25, -0.2) is 0 Å². The van der Waals surface area contributed by atoms with Crippen LogP contribution in [0.15, 0.2) is 0 Å². The Bertz CT molecular complexity index is 229. The number of hydrogen-bond acceptors (Lipinski definition) is 2. The van der Waals surface area contributed by atoms with Gasteiger partial charge in [-0.05, 0) is 52.4 Å². The molecule has 2 nitrogen and oxygen atoms in total. The number of nitrogens with zero attached hydrogens (tertiary/aromatic N) is 1. The third-order valence-corrected chi connectivity index (χ3v) is 4.76. The van der Waals surface area contributed by atoms with Crippen LogP contribution in [0.2, 0.25) is 0 Å². The van der Waals surface area contributed by atoms with Crippen LogP contribution in [0.25, 0.3) is 0 Å². The van der Waals surface area contributed by atoms with E-state index in [0.717, 1.165) is 24.5 Å². The third-order valence-electron chi connectivity index (χ3n) is 4.76. The molecule has 2 rings (SSSR count). The minimum absolute atomic E-state index is 0.107. The van der Waals surface area contributed by atoms with Crippen molar-refractivity contribution in [3.63, 3.8) is 0 Å². The predicted molar refractivity (Wildman–Crippen MR) is 72.1 cm³/mol.